The Balaban J connectivity index is 2.07. The molecule has 2 aromatic rings. The molecule has 0 radical (unpaired) electrons. The molecule has 0 aliphatic rings. The zero-order valence-corrected chi connectivity index (χ0v) is 9.10. The van der Waals surface area contributed by atoms with E-state index < -0.39 is 6.10 Å². The van der Waals surface area contributed by atoms with Gasteiger partial charge in [-0.15, -0.1) is 0 Å². The Hall–Kier alpha value is -1.39. The predicted octanol–water partition coefficient (Wildman–Crippen LogP) is 1.99. The molecule has 1 atom stereocenters. The van der Waals surface area contributed by atoms with E-state index in [0.717, 1.165) is 23.9 Å². The third-order valence-corrected chi connectivity index (χ3v) is 2.53. The van der Waals surface area contributed by atoms with Gasteiger partial charge >= 0.3 is 0 Å². The summed E-state index contributed by atoms with van der Waals surface area (Å²) in [6.45, 7) is 0.653. The van der Waals surface area contributed by atoms with E-state index in [9.17, 15) is 5.11 Å². The monoisotopic (exact) mass is 220 g/mol. The number of hydrogen-bond donors (Lipinski definition) is 2. The van der Waals surface area contributed by atoms with Crippen molar-refractivity contribution in [3.63, 3.8) is 0 Å². The first-order valence-electron chi connectivity index (χ1n) is 5.55. The van der Waals surface area contributed by atoms with Crippen LogP contribution in [-0.2, 0) is 0 Å². The topological polar surface area (TPSA) is 72.3 Å². The van der Waals surface area contributed by atoms with Gasteiger partial charge in [-0.25, -0.2) is 4.98 Å². The van der Waals surface area contributed by atoms with Gasteiger partial charge in [-0.05, 0) is 37.9 Å². The van der Waals surface area contributed by atoms with E-state index in [1.807, 2.05) is 24.3 Å². The number of rotatable bonds is 5. The number of para-hydroxylation sites is 2. The summed E-state index contributed by atoms with van der Waals surface area (Å²) in [4.78, 5) is 4.24. The quantitative estimate of drug-likeness (QED) is 0.756. The van der Waals surface area contributed by atoms with Crippen LogP contribution in [0.1, 0.15) is 31.3 Å². The number of benzene rings is 1. The van der Waals surface area contributed by atoms with E-state index in [0.29, 0.717) is 18.9 Å². The van der Waals surface area contributed by atoms with Crippen LogP contribution < -0.4 is 5.73 Å². The Morgan fingerprint density at radius 3 is 2.88 bits per heavy atom. The molecule has 2 rings (SSSR count). The van der Waals surface area contributed by atoms with Crippen LogP contribution in [0.3, 0.4) is 0 Å². The van der Waals surface area contributed by atoms with Gasteiger partial charge in [0.15, 0.2) is 5.58 Å². The van der Waals surface area contributed by atoms with E-state index >= 15 is 0 Å². The molecule has 0 saturated carbocycles. The van der Waals surface area contributed by atoms with E-state index in [1.165, 1.54) is 0 Å². The van der Waals surface area contributed by atoms with Crippen LogP contribution in [0.25, 0.3) is 11.1 Å². The van der Waals surface area contributed by atoms with Crippen LogP contribution in [0, 0.1) is 0 Å². The van der Waals surface area contributed by atoms with Crippen LogP contribution in [0.5, 0.6) is 0 Å². The molecule has 0 fully saturated rings. The van der Waals surface area contributed by atoms with Gasteiger partial charge in [0.25, 0.3) is 0 Å². The van der Waals surface area contributed by atoms with Gasteiger partial charge in [-0.3, -0.25) is 0 Å². The number of fused-ring (bicyclic) bond motifs is 1. The van der Waals surface area contributed by atoms with Crippen molar-refractivity contribution < 1.29 is 9.52 Å². The Labute approximate surface area is 94.1 Å². The van der Waals surface area contributed by atoms with Gasteiger partial charge in [0.1, 0.15) is 11.6 Å². The van der Waals surface area contributed by atoms with E-state index in [-0.39, 0.29) is 0 Å². The molecular weight excluding hydrogens is 204 g/mol. The lowest BCUT2D eigenvalue weighted by atomic mass is 10.1. The van der Waals surface area contributed by atoms with Gasteiger partial charge < -0.3 is 15.3 Å². The van der Waals surface area contributed by atoms with Crippen molar-refractivity contribution in [3.8, 4) is 0 Å². The first kappa shape index (κ1) is 11.1. The first-order valence-corrected chi connectivity index (χ1v) is 5.55. The maximum Gasteiger partial charge on any atom is 0.224 e. The van der Waals surface area contributed by atoms with Crippen LogP contribution >= 0.6 is 0 Å². The van der Waals surface area contributed by atoms with Gasteiger partial charge in [0.2, 0.25) is 5.89 Å². The summed E-state index contributed by atoms with van der Waals surface area (Å²) in [5.41, 5.74) is 6.90. The molecule has 0 aliphatic heterocycles. The molecule has 0 amide bonds. The minimum Gasteiger partial charge on any atom is -0.438 e. The normalized spacial score (nSPS) is 13.1. The SMILES string of the molecule is NCCCCC(O)c1nc2ccccc2o1. The highest BCUT2D eigenvalue weighted by Gasteiger charge is 2.14. The van der Waals surface area contributed by atoms with Crippen molar-refractivity contribution in [2.45, 2.75) is 25.4 Å². The summed E-state index contributed by atoms with van der Waals surface area (Å²) in [5, 5.41) is 9.85. The lowest BCUT2D eigenvalue weighted by Gasteiger charge is -2.04. The van der Waals surface area contributed by atoms with Crippen molar-refractivity contribution >= 4 is 11.1 Å². The van der Waals surface area contributed by atoms with Crippen LogP contribution in [0.2, 0.25) is 0 Å². The van der Waals surface area contributed by atoms with Crippen LogP contribution in [-0.4, -0.2) is 16.6 Å². The van der Waals surface area contributed by atoms with Crippen molar-refractivity contribution in [2.75, 3.05) is 6.54 Å². The van der Waals surface area contributed by atoms with Crippen LogP contribution in [0.4, 0.5) is 0 Å². The first-order chi connectivity index (χ1) is 7.81. The van der Waals surface area contributed by atoms with Crippen LogP contribution in [0.15, 0.2) is 28.7 Å². The predicted molar refractivity (Wildman–Crippen MR) is 61.9 cm³/mol. The Kier molecular flexibility index (Phi) is 3.54. The lowest BCUT2D eigenvalue weighted by Crippen LogP contribution is -2.01. The molecule has 0 aliphatic carbocycles. The Bertz CT molecular complexity index is 420. The fourth-order valence-corrected chi connectivity index (χ4v) is 1.64. The lowest BCUT2D eigenvalue weighted by molar-refractivity contribution is 0.133. The molecular formula is C12H16N2O2. The highest BCUT2D eigenvalue weighted by atomic mass is 16.4. The number of aliphatic hydroxyl groups excluding tert-OH is 1. The summed E-state index contributed by atoms with van der Waals surface area (Å²) < 4.78 is 5.47. The summed E-state index contributed by atoms with van der Waals surface area (Å²) in [6, 6.07) is 7.50. The third kappa shape index (κ3) is 2.40. The zero-order chi connectivity index (χ0) is 11.4. The second-order valence-electron chi connectivity index (χ2n) is 3.82. The number of nitrogens with zero attached hydrogens (tertiary/aromatic N) is 1. The average molecular weight is 220 g/mol. The minimum absolute atomic E-state index is 0.401. The zero-order valence-electron chi connectivity index (χ0n) is 9.10. The molecule has 0 saturated heterocycles. The van der Waals surface area contributed by atoms with Gasteiger partial charge in [0, 0.05) is 0 Å². The van der Waals surface area contributed by atoms with E-state index in [1.54, 1.807) is 0 Å². The molecule has 1 aromatic carbocycles. The van der Waals surface area contributed by atoms with E-state index in [2.05, 4.69) is 4.98 Å². The van der Waals surface area contributed by atoms with Crippen molar-refractivity contribution in [1.82, 2.24) is 4.98 Å². The van der Waals surface area contributed by atoms with Crippen molar-refractivity contribution in [2.24, 2.45) is 5.73 Å². The summed E-state index contributed by atoms with van der Waals surface area (Å²) in [5.74, 6) is 0.401. The van der Waals surface area contributed by atoms with Crippen molar-refractivity contribution in [1.29, 1.82) is 0 Å². The number of nitrogens with two attached hydrogens (primary N) is 1. The average Bonchev–Trinajstić information content (AvgIpc) is 2.73. The number of unbranched alkanes of at least 4 members (excludes halogenated alkanes) is 1. The number of aliphatic hydroxyl groups is 1. The fraction of sp³-hybridized carbons (Fsp3) is 0.417. The van der Waals surface area contributed by atoms with E-state index in [4.69, 9.17) is 10.2 Å². The van der Waals surface area contributed by atoms with Gasteiger partial charge in [-0.1, -0.05) is 12.1 Å². The Morgan fingerprint density at radius 2 is 2.12 bits per heavy atom. The molecule has 1 aromatic heterocycles. The highest BCUT2D eigenvalue weighted by Crippen LogP contribution is 2.22. The fourth-order valence-electron chi connectivity index (χ4n) is 1.64. The summed E-state index contributed by atoms with van der Waals surface area (Å²) >= 11 is 0. The number of oxazole rings is 1. The maximum absolute atomic E-state index is 9.85. The summed E-state index contributed by atoms with van der Waals surface area (Å²) in [7, 11) is 0. The number of aromatic nitrogens is 1. The molecule has 0 bridgehead atoms. The molecule has 3 N–H and O–H groups in total. The molecule has 1 unspecified atom stereocenters. The second kappa shape index (κ2) is 5.09. The third-order valence-electron chi connectivity index (χ3n) is 2.53. The minimum atomic E-state index is -0.626. The molecule has 86 valence electrons. The molecule has 4 nitrogen and oxygen atoms in total. The molecule has 16 heavy (non-hydrogen) atoms. The van der Waals surface area contributed by atoms with Gasteiger partial charge in [0.05, 0.1) is 0 Å². The largest absolute Gasteiger partial charge is 0.438 e. The summed E-state index contributed by atoms with van der Waals surface area (Å²) in [6.07, 6.45) is 1.82. The van der Waals surface area contributed by atoms with Gasteiger partial charge in [-0.2, -0.15) is 0 Å². The molecule has 1 heterocycles. The molecule has 4 heteroatoms. The highest BCUT2D eigenvalue weighted by molar-refractivity contribution is 5.72. The van der Waals surface area contributed by atoms with Crippen molar-refractivity contribution in [3.05, 3.63) is 30.2 Å². The second-order valence-corrected chi connectivity index (χ2v) is 3.82. The molecule has 0 spiro atoms. The number of hydrogen-bond acceptors (Lipinski definition) is 4. The smallest absolute Gasteiger partial charge is 0.224 e. The maximum atomic E-state index is 9.85. The Morgan fingerprint density at radius 1 is 1.31 bits per heavy atom. The standard InChI is InChI=1S/C12H16N2O2/c13-8-4-3-6-10(15)12-14-9-5-1-2-7-11(9)16-12/h1-2,5,7,10,15H,3-4,6,8,13H2.